The van der Waals surface area contributed by atoms with Crippen LogP contribution < -0.4 is 0 Å². The van der Waals surface area contributed by atoms with Gasteiger partial charge in [0.1, 0.15) is 16.1 Å². The van der Waals surface area contributed by atoms with Gasteiger partial charge in [0.15, 0.2) is 0 Å². The SMILES string of the molecule is C=COS(=O)(=O)c1cc(C(=O)O)c(C=CC=O)cc1S(=O)(=O)O. The van der Waals surface area contributed by atoms with E-state index in [9.17, 15) is 26.4 Å². The van der Waals surface area contributed by atoms with E-state index in [-0.39, 0.29) is 5.56 Å². The van der Waals surface area contributed by atoms with E-state index in [0.29, 0.717) is 24.7 Å². The molecule has 0 aliphatic heterocycles. The number of hydrogen-bond donors (Lipinski definition) is 2. The molecule has 0 fully saturated rings. The van der Waals surface area contributed by atoms with Crippen LogP contribution in [-0.2, 0) is 29.2 Å². The van der Waals surface area contributed by atoms with Crippen LogP contribution in [0.25, 0.3) is 6.08 Å². The van der Waals surface area contributed by atoms with E-state index in [1.807, 2.05) is 0 Å². The summed E-state index contributed by atoms with van der Waals surface area (Å²) >= 11 is 0. The number of rotatable bonds is 7. The van der Waals surface area contributed by atoms with Crippen LogP contribution in [0.2, 0.25) is 0 Å². The van der Waals surface area contributed by atoms with Gasteiger partial charge in [-0.05, 0) is 23.8 Å². The van der Waals surface area contributed by atoms with E-state index in [1.165, 1.54) is 0 Å². The Labute approximate surface area is 131 Å². The van der Waals surface area contributed by atoms with Crippen molar-refractivity contribution in [1.29, 1.82) is 0 Å². The van der Waals surface area contributed by atoms with Crippen LogP contribution >= 0.6 is 0 Å². The van der Waals surface area contributed by atoms with Crippen molar-refractivity contribution in [1.82, 2.24) is 0 Å². The highest BCUT2D eigenvalue weighted by Gasteiger charge is 2.29. The number of carbonyl (C=O) groups excluding carboxylic acids is 1. The second-order valence-electron chi connectivity index (χ2n) is 3.88. The molecule has 0 aromatic heterocycles. The zero-order valence-electron chi connectivity index (χ0n) is 11.2. The minimum atomic E-state index is -5.03. The van der Waals surface area contributed by atoms with Crippen molar-refractivity contribution in [2.45, 2.75) is 9.79 Å². The predicted octanol–water partition coefficient (Wildman–Crippen LogP) is 0.692. The maximum absolute atomic E-state index is 11.9. The third-order valence-electron chi connectivity index (χ3n) is 2.44. The van der Waals surface area contributed by atoms with Crippen molar-refractivity contribution in [3.05, 3.63) is 42.2 Å². The first-order chi connectivity index (χ1) is 10.5. The highest BCUT2D eigenvalue weighted by Crippen LogP contribution is 2.28. The van der Waals surface area contributed by atoms with Gasteiger partial charge >= 0.3 is 16.1 Å². The number of aromatic carboxylic acids is 1. The summed E-state index contributed by atoms with van der Waals surface area (Å²) in [5.41, 5.74) is -0.934. The third-order valence-corrected chi connectivity index (χ3v) is 4.73. The molecule has 11 heteroatoms. The summed E-state index contributed by atoms with van der Waals surface area (Å²) in [6.45, 7) is 3.00. The molecule has 0 spiro atoms. The summed E-state index contributed by atoms with van der Waals surface area (Å²) in [5.74, 6) is -1.59. The van der Waals surface area contributed by atoms with Crippen LogP contribution in [0.5, 0.6) is 0 Å². The molecule has 0 heterocycles. The molecular formula is C12H10O9S2. The normalized spacial score (nSPS) is 12.0. The van der Waals surface area contributed by atoms with Gasteiger partial charge in [-0.1, -0.05) is 12.7 Å². The lowest BCUT2D eigenvalue weighted by atomic mass is 10.1. The topological polar surface area (TPSA) is 152 Å². The molecule has 9 nitrogen and oxygen atoms in total. The Bertz CT molecular complexity index is 893. The smallest absolute Gasteiger partial charge is 0.340 e. The summed E-state index contributed by atoms with van der Waals surface area (Å²) in [5, 5.41) is 9.09. The van der Waals surface area contributed by atoms with Crippen molar-refractivity contribution >= 4 is 38.6 Å². The van der Waals surface area contributed by atoms with Gasteiger partial charge in [0, 0.05) is 0 Å². The average Bonchev–Trinajstić information content (AvgIpc) is 2.42. The molecule has 124 valence electrons. The molecule has 1 aromatic rings. The zero-order chi connectivity index (χ0) is 17.8. The molecule has 0 aliphatic rings. The summed E-state index contributed by atoms with van der Waals surface area (Å²) in [6.07, 6.45) is 2.59. The largest absolute Gasteiger partial charge is 0.478 e. The molecule has 0 bridgehead atoms. The third kappa shape index (κ3) is 4.25. The highest BCUT2D eigenvalue weighted by molar-refractivity contribution is 7.89. The van der Waals surface area contributed by atoms with E-state index in [2.05, 4.69) is 10.8 Å². The lowest BCUT2D eigenvalue weighted by Gasteiger charge is -2.11. The van der Waals surface area contributed by atoms with Gasteiger partial charge in [-0.15, -0.1) is 0 Å². The molecule has 0 radical (unpaired) electrons. The van der Waals surface area contributed by atoms with Crippen LogP contribution in [0.15, 0.2) is 40.8 Å². The minimum Gasteiger partial charge on any atom is -0.478 e. The Morgan fingerprint density at radius 2 is 1.78 bits per heavy atom. The van der Waals surface area contributed by atoms with Gasteiger partial charge in [-0.3, -0.25) is 9.35 Å². The zero-order valence-corrected chi connectivity index (χ0v) is 12.9. The van der Waals surface area contributed by atoms with Crippen LogP contribution in [-0.4, -0.2) is 38.8 Å². The molecule has 1 rings (SSSR count). The maximum atomic E-state index is 11.9. The molecule has 1 aromatic carbocycles. The van der Waals surface area contributed by atoms with E-state index < -0.39 is 41.6 Å². The second kappa shape index (κ2) is 6.73. The second-order valence-corrected chi connectivity index (χ2v) is 6.81. The van der Waals surface area contributed by atoms with Gasteiger partial charge in [0.05, 0.1) is 11.8 Å². The van der Waals surface area contributed by atoms with E-state index in [0.717, 1.165) is 12.2 Å². The Morgan fingerprint density at radius 1 is 1.17 bits per heavy atom. The van der Waals surface area contributed by atoms with Crippen LogP contribution in [0.3, 0.4) is 0 Å². The lowest BCUT2D eigenvalue weighted by Crippen LogP contribution is -2.13. The fraction of sp³-hybridized carbons (Fsp3) is 0. The minimum absolute atomic E-state index is 0.296. The number of carbonyl (C=O) groups is 2. The summed E-state index contributed by atoms with van der Waals surface area (Å²) in [4.78, 5) is 19.3. The first kappa shape index (κ1) is 18.5. The van der Waals surface area contributed by atoms with Gasteiger partial charge in [-0.25, -0.2) is 4.79 Å². The van der Waals surface area contributed by atoms with E-state index in [1.54, 1.807) is 0 Å². The molecule has 0 atom stereocenters. The van der Waals surface area contributed by atoms with E-state index in [4.69, 9.17) is 9.66 Å². The van der Waals surface area contributed by atoms with Crippen molar-refractivity contribution in [2.24, 2.45) is 0 Å². The number of carboxylic acid groups (broad SMARTS) is 1. The standard InChI is InChI=1S/C12H10O9S2/c1-2-21-23(19,20)11-7-9(12(14)15)8(4-3-5-13)6-10(11)22(16,17)18/h2-7H,1H2,(H,14,15)(H,16,17,18). The Morgan fingerprint density at radius 3 is 2.22 bits per heavy atom. The number of benzene rings is 1. The Balaban J connectivity index is 3.93. The first-order valence-corrected chi connectivity index (χ1v) is 8.44. The molecule has 23 heavy (non-hydrogen) atoms. The van der Waals surface area contributed by atoms with E-state index >= 15 is 0 Å². The van der Waals surface area contributed by atoms with Gasteiger partial charge in [0.2, 0.25) is 0 Å². The van der Waals surface area contributed by atoms with Gasteiger partial charge in [0.25, 0.3) is 10.1 Å². The monoisotopic (exact) mass is 362 g/mol. The number of allylic oxidation sites excluding steroid dienone is 1. The summed E-state index contributed by atoms with van der Waals surface area (Å²) < 4.78 is 59.9. The molecule has 0 amide bonds. The van der Waals surface area contributed by atoms with Crippen LogP contribution in [0.1, 0.15) is 15.9 Å². The predicted molar refractivity (Wildman–Crippen MR) is 76.8 cm³/mol. The maximum Gasteiger partial charge on any atom is 0.340 e. The first-order valence-electron chi connectivity index (χ1n) is 5.59. The molecule has 0 unspecified atom stereocenters. The highest BCUT2D eigenvalue weighted by atomic mass is 32.2. The summed E-state index contributed by atoms with van der Waals surface area (Å²) in [7, 11) is -9.77. The molecular weight excluding hydrogens is 352 g/mol. The molecule has 0 saturated carbocycles. The number of aldehydes is 1. The Hall–Kier alpha value is -2.50. The quantitative estimate of drug-likeness (QED) is 0.234. The van der Waals surface area contributed by atoms with Crippen molar-refractivity contribution in [2.75, 3.05) is 0 Å². The fourth-order valence-corrected chi connectivity index (χ4v) is 3.64. The average molecular weight is 362 g/mol. The van der Waals surface area contributed by atoms with Gasteiger partial charge < -0.3 is 9.29 Å². The van der Waals surface area contributed by atoms with Gasteiger partial charge in [-0.2, -0.15) is 16.8 Å². The Kier molecular flexibility index (Phi) is 5.42. The molecule has 0 aliphatic carbocycles. The molecule has 2 N–H and O–H groups in total. The van der Waals surface area contributed by atoms with Crippen molar-refractivity contribution in [3.63, 3.8) is 0 Å². The van der Waals surface area contributed by atoms with Crippen LogP contribution in [0.4, 0.5) is 0 Å². The number of hydrogen-bond acceptors (Lipinski definition) is 7. The number of carboxylic acids is 1. The fourth-order valence-electron chi connectivity index (χ4n) is 1.58. The van der Waals surface area contributed by atoms with Crippen molar-refractivity contribution < 1.29 is 40.3 Å². The molecule has 0 saturated heterocycles. The summed E-state index contributed by atoms with van der Waals surface area (Å²) in [6, 6.07) is 1.09. The lowest BCUT2D eigenvalue weighted by molar-refractivity contribution is -0.104. The van der Waals surface area contributed by atoms with Crippen LogP contribution in [0, 0.1) is 0 Å². The van der Waals surface area contributed by atoms with Crippen molar-refractivity contribution in [3.8, 4) is 0 Å².